The smallest absolute Gasteiger partial charge is 0.451 e. The molecular weight excluding hydrogens is 667 g/mol. The number of ether oxygens (including phenoxy) is 2. The Bertz CT molecular complexity index is 2010. The molecule has 51 heavy (non-hydrogen) atoms. The minimum atomic E-state index is -4.62. The number of nitrogens with zero attached hydrogens (tertiary/aromatic N) is 3. The summed E-state index contributed by atoms with van der Waals surface area (Å²) in [5.41, 5.74) is 2.82. The number of alkyl halides is 3. The highest BCUT2D eigenvalue weighted by Crippen LogP contribution is 2.36. The van der Waals surface area contributed by atoms with Crippen LogP contribution in [0.1, 0.15) is 77.2 Å². The van der Waals surface area contributed by atoms with Gasteiger partial charge in [-0.3, -0.25) is 29.4 Å². The van der Waals surface area contributed by atoms with Gasteiger partial charge >= 0.3 is 6.18 Å². The quantitative estimate of drug-likeness (QED) is 0.200. The fourth-order valence-electron chi connectivity index (χ4n) is 6.48. The lowest BCUT2D eigenvalue weighted by atomic mass is 9.78. The molecule has 3 heterocycles. The van der Waals surface area contributed by atoms with Crippen LogP contribution in [0.5, 0.6) is 17.2 Å². The lowest BCUT2D eigenvalue weighted by molar-refractivity contribution is -0.145. The summed E-state index contributed by atoms with van der Waals surface area (Å²) < 4.78 is 50.0. The van der Waals surface area contributed by atoms with Crippen LogP contribution in [0, 0.1) is 0 Å². The molecule has 1 saturated heterocycles. The van der Waals surface area contributed by atoms with Crippen molar-refractivity contribution < 1.29 is 41.8 Å². The monoisotopic (exact) mass is 699 g/mol. The molecule has 2 aliphatic heterocycles. The first-order chi connectivity index (χ1) is 24.3. The lowest BCUT2D eigenvalue weighted by Gasteiger charge is -2.36. The van der Waals surface area contributed by atoms with Crippen LogP contribution >= 0.6 is 0 Å². The van der Waals surface area contributed by atoms with E-state index in [1.54, 1.807) is 30.3 Å². The number of hydrogen-bond donors (Lipinski definition) is 2. The molecule has 0 radical (unpaired) electrons. The molecule has 262 valence electrons. The number of imide groups is 2. The molecule has 1 aliphatic carbocycles. The average Bonchev–Trinajstić information content (AvgIpc) is 3.32. The number of fused-ring (bicyclic) bond motifs is 1. The summed E-state index contributed by atoms with van der Waals surface area (Å²) in [5, 5.41) is 5.60. The Balaban J connectivity index is 0.909. The molecule has 4 aromatic rings. The molecule has 1 aromatic heterocycles. The third-order valence-electron chi connectivity index (χ3n) is 9.48. The van der Waals surface area contributed by atoms with Crippen molar-refractivity contribution in [2.75, 3.05) is 5.32 Å². The SMILES string of the molecule is CC(C)(c1ccc(Oc2cnc(C(F)(F)F)nc2)cc1)c1ccc(O[C@H]2C[C@H](Nc3ccc4c(c3)C(=O)N(C3CCC(=O)NC3=O)C4=O)C2)cc1. The van der Waals surface area contributed by atoms with E-state index in [1.807, 2.05) is 36.4 Å². The number of nitrogens with one attached hydrogen (secondary N) is 2. The molecule has 4 amide bonds. The van der Waals surface area contributed by atoms with Gasteiger partial charge in [-0.15, -0.1) is 0 Å². The molecule has 2 N–H and O–H groups in total. The largest absolute Gasteiger partial charge is 0.490 e. The van der Waals surface area contributed by atoms with Crippen LogP contribution in [0.3, 0.4) is 0 Å². The number of aromatic nitrogens is 2. The van der Waals surface area contributed by atoms with Gasteiger partial charge in [0.05, 0.1) is 23.5 Å². The Morgan fingerprint density at radius 3 is 2.02 bits per heavy atom. The normalized spacial score (nSPS) is 20.4. The Morgan fingerprint density at radius 1 is 0.804 bits per heavy atom. The van der Waals surface area contributed by atoms with E-state index in [2.05, 4.69) is 34.4 Å². The standard InChI is InChI=1S/C37H32F3N5O6/c1-36(2,21-5-10-25(11-6-21)51-27-18-41-35(42-19-27)37(38,39)40)20-3-8-24(9-4-20)50-26-15-23(16-26)43-22-7-12-28-29(17-22)34(49)45(33(28)48)30-13-14-31(46)44-32(30)47/h3-12,17-19,23,26,30,43H,13-16H2,1-2H3,(H,44,46,47)/t23-,26-,30?. The molecule has 1 unspecified atom stereocenters. The maximum Gasteiger partial charge on any atom is 0.451 e. The van der Waals surface area contributed by atoms with Crippen LogP contribution in [0.4, 0.5) is 18.9 Å². The predicted octanol–water partition coefficient (Wildman–Crippen LogP) is 6.04. The van der Waals surface area contributed by atoms with Crippen LogP contribution in [0.2, 0.25) is 0 Å². The first-order valence-electron chi connectivity index (χ1n) is 16.3. The van der Waals surface area contributed by atoms with Gasteiger partial charge in [-0.1, -0.05) is 38.1 Å². The fraction of sp³-hybridized carbons (Fsp3) is 0.297. The molecule has 0 spiro atoms. The highest BCUT2D eigenvalue weighted by molar-refractivity contribution is 6.23. The second-order valence-corrected chi connectivity index (χ2v) is 13.3. The third kappa shape index (κ3) is 6.73. The highest BCUT2D eigenvalue weighted by Gasteiger charge is 2.45. The van der Waals surface area contributed by atoms with E-state index in [0.29, 0.717) is 11.4 Å². The number of carbonyl (C=O) groups is 4. The number of hydrogen-bond acceptors (Lipinski definition) is 9. The zero-order valence-corrected chi connectivity index (χ0v) is 27.5. The second kappa shape index (κ2) is 12.8. The van der Waals surface area contributed by atoms with Crippen molar-refractivity contribution in [1.82, 2.24) is 20.2 Å². The Hall–Kier alpha value is -5.79. The van der Waals surface area contributed by atoms with Gasteiger partial charge in [0.25, 0.3) is 11.8 Å². The van der Waals surface area contributed by atoms with Gasteiger partial charge in [0.1, 0.15) is 23.6 Å². The summed E-state index contributed by atoms with van der Waals surface area (Å²) in [6.45, 7) is 4.17. The molecule has 14 heteroatoms. The van der Waals surface area contributed by atoms with Crippen LogP contribution in [-0.2, 0) is 21.2 Å². The van der Waals surface area contributed by atoms with E-state index in [9.17, 15) is 32.3 Å². The van der Waals surface area contributed by atoms with Crippen molar-refractivity contribution in [3.05, 3.63) is 107 Å². The maximum atomic E-state index is 13.1. The maximum absolute atomic E-state index is 13.1. The summed E-state index contributed by atoms with van der Waals surface area (Å²) in [4.78, 5) is 57.6. The molecule has 7 rings (SSSR count). The number of halogens is 3. The fourth-order valence-corrected chi connectivity index (χ4v) is 6.48. The van der Waals surface area contributed by atoms with E-state index >= 15 is 0 Å². The van der Waals surface area contributed by atoms with Crippen molar-refractivity contribution in [3.8, 4) is 17.2 Å². The van der Waals surface area contributed by atoms with Gasteiger partial charge in [0, 0.05) is 36.4 Å². The summed E-state index contributed by atoms with van der Waals surface area (Å²) in [6, 6.07) is 19.2. The van der Waals surface area contributed by atoms with Crippen molar-refractivity contribution in [2.45, 2.75) is 69.3 Å². The highest BCUT2D eigenvalue weighted by atomic mass is 19.4. The zero-order valence-electron chi connectivity index (χ0n) is 27.5. The van der Waals surface area contributed by atoms with E-state index in [4.69, 9.17) is 9.47 Å². The van der Waals surface area contributed by atoms with E-state index in [0.717, 1.165) is 47.0 Å². The number of anilines is 1. The van der Waals surface area contributed by atoms with Gasteiger partial charge in [-0.05, 0) is 60.0 Å². The summed E-state index contributed by atoms with van der Waals surface area (Å²) in [7, 11) is 0. The molecular formula is C37H32F3N5O6. The lowest BCUT2D eigenvalue weighted by Crippen LogP contribution is -2.54. The third-order valence-corrected chi connectivity index (χ3v) is 9.48. The van der Waals surface area contributed by atoms with E-state index < -0.39 is 41.7 Å². The second-order valence-electron chi connectivity index (χ2n) is 13.3. The number of piperidine rings is 1. The van der Waals surface area contributed by atoms with Gasteiger partial charge in [0.2, 0.25) is 17.6 Å². The van der Waals surface area contributed by atoms with Crippen molar-refractivity contribution >= 4 is 29.3 Å². The Kier molecular flexibility index (Phi) is 8.48. The van der Waals surface area contributed by atoms with Crippen LogP contribution in [0.15, 0.2) is 79.1 Å². The Morgan fingerprint density at radius 2 is 1.41 bits per heavy atom. The number of benzene rings is 3. The molecule has 1 saturated carbocycles. The molecule has 3 aromatic carbocycles. The van der Waals surface area contributed by atoms with Crippen molar-refractivity contribution in [2.24, 2.45) is 0 Å². The van der Waals surface area contributed by atoms with Crippen molar-refractivity contribution in [3.63, 3.8) is 0 Å². The molecule has 3 aliphatic rings. The summed E-state index contributed by atoms with van der Waals surface area (Å²) in [6.07, 6.45) is -1.04. The average molecular weight is 700 g/mol. The minimum Gasteiger partial charge on any atom is -0.490 e. The Labute approximate surface area is 290 Å². The van der Waals surface area contributed by atoms with Gasteiger partial charge in [-0.25, -0.2) is 9.97 Å². The topological polar surface area (TPSA) is 140 Å². The van der Waals surface area contributed by atoms with Crippen LogP contribution in [-0.4, -0.2) is 56.7 Å². The minimum absolute atomic E-state index is 0.00961. The molecule has 11 nitrogen and oxygen atoms in total. The van der Waals surface area contributed by atoms with Crippen LogP contribution in [0.25, 0.3) is 0 Å². The van der Waals surface area contributed by atoms with Gasteiger partial charge < -0.3 is 14.8 Å². The molecule has 2 fully saturated rings. The van der Waals surface area contributed by atoms with Gasteiger partial charge in [0.15, 0.2) is 5.75 Å². The summed E-state index contributed by atoms with van der Waals surface area (Å²) >= 11 is 0. The predicted molar refractivity (Wildman–Crippen MR) is 176 cm³/mol. The van der Waals surface area contributed by atoms with E-state index in [1.165, 1.54) is 0 Å². The number of amides is 4. The first-order valence-corrected chi connectivity index (χ1v) is 16.3. The molecule has 1 atom stereocenters. The number of carbonyl (C=O) groups excluding carboxylic acids is 4. The zero-order chi connectivity index (χ0) is 36.1. The van der Waals surface area contributed by atoms with Gasteiger partial charge in [-0.2, -0.15) is 13.2 Å². The van der Waals surface area contributed by atoms with Crippen molar-refractivity contribution in [1.29, 1.82) is 0 Å². The number of rotatable bonds is 9. The summed E-state index contributed by atoms with van der Waals surface area (Å²) in [5.74, 6) is -2.12. The van der Waals surface area contributed by atoms with E-state index in [-0.39, 0.29) is 47.3 Å². The first kappa shape index (κ1) is 33.7. The van der Waals surface area contributed by atoms with Crippen LogP contribution < -0.4 is 20.1 Å². The molecule has 0 bridgehead atoms.